The van der Waals surface area contributed by atoms with E-state index >= 15 is 0 Å². The van der Waals surface area contributed by atoms with Gasteiger partial charge in [0.25, 0.3) is 0 Å². The summed E-state index contributed by atoms with van der Waals surface area (Å²) < 4.78 is 4.54. The highest BCUT2D eigenvalue weighted by Gasteiger charge is 1.75. The molecule has 0 aromatic rings. The van der Waals surface area contributed by atoms with Crippen molar-refractivity contribution in [1.29, 1.82) is 0 Å². The molecule has 0 fully saturated rings. The fourth-order valence-corrected chi connectivity index (χ4v) is 0.217. The van der Waals surface area contributed by atoms with Gasteiger partial charge >= 0.3 is 7.69 Å². The quantitative estimate of drug-likeness (QED) is 0.303. The van der Waals surface area contributed by atoms with E-state index in [1.807, 2.05) is 19.1 Å². The molecule has 1 N–H and O–H groups in total. The molecule has 0 unspecified atom stereocenters. The predicted molar refractivity (Wildman–Crippen MR) is 30.1 cm³/mol. The van der Waals surface area contributed by atoms with Crippen LogP contribution in [-0.4, -0.2) is 19.3 Å². The molecule has 0 saturated carbocycles. The minimum absolute atomic E-state index is 0.190. The molecule has 0 spiro atoms. The fourth-order valence-electron chi connectivity index (χ4n) is 0.217. The van der Waals surface area contributed by atoms with Crippen LogP contribution in [0.3, 0.4) is 0 Å². The minimum atomic E-state index is -0.190. The molecule has 7 heavy (non-hydrogen) atoms. The average molecular weight is 99.9 g/mol. The Labute approximate surface area is 44.1 Å². The summed E-state index contributed by atoms with van der Waals surface area (Å²) in [5.74, 6) is 0. The second kappa shape index (κ2) is 5.72. The summed E-state index contributed by atoms with van der Waals surface area (Å²) in [4.78, 5) is 0. The second-order valence-corrected chi connectivity index (χ2v) is 1.07. The van der Waals surface area contributed by atoms with Crippen LogP contribution in [-0.2, 0) is 4.65 Å². The maximum Gasteiger partial charge on any atom is 0.435 e. The molecule has 0 heterocycles. The zero-order valence-electron chi connectivity index (χ0n) is 4.42. The number of hydrogen-bond acceptors (Lipinski definition) is 2. The van der Waals surface area contributed by atoms with Crippen molar-refractivity contribution in [2.75, 3.05) is 6.61 Å². The lowest BCUT2D eigenvalue weighted by atomic mass is 10.4. The van der Waals surface area contributed by atoms with Crippen LogP contribution >= 0.6 is 0 Å². The molecule has 0 aliphatic rings. The van der Waals surface area contributed by atoms with E-state index in [0.717, 1.165) is 0 Å². The largest absolute Gasteiger partial charge is 0.435 e. The molecule has 0 amide bonds. The number of allylic oxidation sites excluding steroid dienone is 1. The van der Waals surface area contributed by atoms with Crippen LogP contribution in [0.25, 0.3) is 0 Å². The van der Waals surface area contributed by atoms with Crippen molar-refractivity contribution in [3.8, 4) is 0 Å². The molecule has 40 valence electrons. The van der Waals surface area contributed by atoms with E-state index in [1.54, 1.807) is 0 Å². The smallest absolute Gasteiger partial charge is 0.430 e. The van der Waals surface area contributed by atoms with E-state index in [-0.39, 0.29) is 7.69 Å². The molecule has 2 nitrogen and oxygen atoms in total. The van der Waals surface area contributed by atoms with Crippen LogP contribution < -0.4 is 0 Å². The van der Waals surface area contributed by atoms with Gasteiger partial charge in [0.05, 0.1) is 0 Å². The van der Waals surface area contributed by atoms with Crippen molar-refractivity contribution >= 4 is 7.69 Å². The number of hydrogen-bond donors (Lipinski definition) is 1. The van der Waals surface area contributed by atoms with E-state index in [4.69, 9.17) is 5.02 Å². The molecule has 0 aromatic heterocycles. The second-order valence-electron chi connectivity index (χ2n) is 1.07. The van der Waals surface area contributed by atoms with Crippen LogP contribution in [0.4, 0.5) is 0 Å². The minimum Gasteiger partial charge on any atom is -0.430 e. The highest BCUT2D eigenvalue weighted by Crippen LogP contribution is 1.70. The first-order valence-electron chi connectivity index (χ1n) is 2.21. The van der Waals surface area contributed by atoms with E-state index in [9.17, 15) is 0 Å². The highest BCUT2D eigenvalue weighted by molar-refractivity contribution is 6.15. The van der Waals surface area contributed by atoms with Crippen molar-refractivity contribution in [1.82, 2.24) is 0 Å². The summed E-state index contributed by atoms with van der Waals surface area (Å²) in [6.45, 7) is 2.41. The normalized spacial score (nSPS) is 10.0. The van der Waals surface area contributed by atoms with Gasteiger partial charge in [-0.3, -0.25) is 0 Å². The Balaban J connectivity index is 2.69. The molecule has 0 aliphatic carbocycles. The van der Waals surface area contributed by atoms with Gasteiger partial charge in [0.2, 0.25) is 0 Å². The molecule has 0 aliphatic heterocycles. The van der Waals surface area contributed by atoms with Gasteiger partial charge in [-0.25, -0.2) is 0 Å². The van der Waals surface area contributed by atoms with Crippen LogP contribution in [0.5, 0.6) is 0 Å². The lowest BCUT2D eigenvalue weighted by Gasteiger charge is -1.87. The van der Waals surface area contributed by atoms with Gasteiger partial charge in [-0.2, -0.15) is 0 Å². The predicted octanol–water partition coefficient (Wildman–Crippen LogP) is -0.162. The molecular formula is C4H9BO2. The van der Waals surface area contributed by atoms with Crippen molar-refractivity contribution in [2.45, 2.75) is 6.92 Å². The van der Waals surface area contributed by atoms with Crippen LogP contribution in [0.2, 0.25) is 0 Å². The molecule has 0 rings (SSSR count). The third-order valence-electron chi connectivity index (χ3n) is 0.541. The topological polar surface area (TPSA) is 29.5 Å². The molecule has 0 atom stereocenters. The van der Waals surface area contributed by atoms with Gasteiger partial charge in [0.15, 0.2) is 0 Å². The van der Waals surface area contributed by atoms with E-state index < -0.39 is 0 Å². The third kappa shape index (κ3) is 5.72. The van der Waals surface area contributed by atoms with Crippen molar-refractivity contribution in [2.24, 2.45) is 0 Å². The molecule has 0 bridgehead atoms. The summed E-state index contributed by atoms with van der Waals surface area (Å²) in [5.41, 5.74) is 0. The maximum absolute atomic E-state index is 8.04. The van der Waals surface area contributed by atoms with Gasteiger partial charge in [-0.15, -0.1) is 0 Å². The van der Waals surface area contributed by atoms with Gasteiger partial charge in [0.1, 0.15) is 0 Å². The molecule has 0 aromatic carbocycles. The first-order valence-corrected chi connectivity index (χ1v) is 2.21. The monoisotopic (exact) mass is 100 g/mol. The van der Waals surface area contributed by atoms with Gasteiger partial charge in [-0.1, -0.05) is 12.2 Å². The molecule has 3 heteroatoms. The van der Waals surface area contributed by atoms with Gasteiger partial charge in [-0.05, 0) is 6.92 Å². The first kappa shape index (κ1) is 6.72. The Morgan fingerprint density at radius 2 is 2.57 bits per heavy atom. The summed E-state index contributed by atoms with van der Waals surface area (Å²) in [6, 6.07) is 0. The van der Waals surface area contributed by atoms with Crippen LogP contribution in [0.15, 0.2) is 12.2 Å². The summed E-state index contributed by atoms with van der Waals surface area (Å²) in [6.07, 6.45) is 3.70. The summed E-state index contributed by atoms with van der Waals surface area (Å²) in [5, 5.41) is 8.04. The Bertz CT molecular complexity index is 53.7. The average Bonchev–Trinajstić information content (AvgIpc) is 1.69. The van der Waals surface area contributed by atoms with E-state index in [2.05, 4.69) is 4.65 Å². The molecule has 0 saturated heterocycles. The molecule has 0 radical (unpaired) electrons. The molecular weight excluding hydrogens is 90.9 g/mol. The van der Waals surface area contributed by atoms with E-state index in [0.29, 0.717) is 6.61 Å². The standard InChI is InChI=1S/C4H9BO2/c1-2-3-4-7-5-6/h2-3,5-6H,4H2,1H3. The lowest BCUT2D eigenvalue weighted by molar-refractivity contribution is 0.320. The SMILES string of the molecule is CC=CCOBO. The summed E-state index contributed by atoms with van der Waals surface area (Å²) in [7, 11) is -0.190. The highest BCUT2D eigenvalue weighted by atomic mass is 16.5. The van der Waals surface area contributed by atoms with E-state index in [1.165, 1.54) is 0 Å². The maximum atomic E-state index is 8.04. The zero-order valence-corrected chi connectivity index (χ0v) is 4.42. The summed E-state index contributed by atoms with van der Waals surface area (Å²) >= 11 is 0. The third-order valence-corrected chi connectivity index (χ3v) is 0.541. The lowest BCUT2D eigenvalue weighted by Crippen LogP contribution is -1.95. The fraction of sp³-hybridized carbons (Fsp3) is 0.500. The van der Waals surface area contributed by atoms with Gasteiger partial charge < -0.3 is 9.68 Å². The first-order chi connectivity index (χ1) is 3.41. The zero-order chi connectivity index (χ0) is 5.54. The van der Waals surface area contributed by atoms with Crippen LogP contribution in [0, 0.1) is 0 Å². The van der Waals surface area contributed by atoms with Crippen molar-refractivity contribution in [3.63, 3.8) is 0 Å². The van der Waals surface area contributed by atoms with Crippen molar-refractivity contribution in [3.05, 3.63) is 12.2 Å². The Morgan fingerprint density at radius 3 is 3.00 bits per heavy atom. The van der Waals surface area contributed by atoms with Crippen molar-refractivity contribution < 1.29 is 9.68 Å². The Morgan fingerprint density at radius 1 is 1.86 bits per heavy atom. The van der Waals surface area contributed by atoms with Gasteiger partial charge in [0, 0.05) is 6.61 Å². The Kier molecular flexibility index (Phi) is 5.50. The van der Waals surface area contributed by atoms with Crippen LogP contribution in [0.1, 0.15) is 6.92 Å². The number of rotatable bonds is 3. The Hall–Kier alpha value is -0.275.